The molecule has 2 aromatic carbocycles. The number of ether oxygens (including phenoxy) is 2. The number of aryl methyl sites for hydroxylation is 1. The van der Waals surface area contributed by atoms with Gasteiger partial charge < -0.3 is 14.6 Å². The number of halogens is 2. The van der Waals surface area contributed by atoms with E-state index in [1.807, 2.05) is 0 Å². The zero-order valence-electron chi connectivity index (χ0n) is 13.1. The molecule has 2 aromatic rings. The summed E-state index contributed by atoms with van der Waals surface area (Å²) in [4.78, 5) is 24.0. The van der Waals surface area contributed by atoms with E-state index in [1.165, 1.54) is 32.4 Å². The number of methoxy groups -OCH3 is 2. The third kappa shape index (κ3) is 3.32. The smallest absolute Gasteiger partial charge is 0.339 e. The van der Waals surface area contributed by atoms with Gasteiger partial charge in [-0.05, 0) is 36.8 Å². The van der Waals surface area contributed by atoms with Crippen molar-refractivity contribution in [3.8, 4) is 11.5 Å². The van der Waals surface area contributed by atoms with E-state index in [1.54, 1.807) is 13.0 Å². The molecule has 1 N–H and O–H groups in total. The van der Waals surface area contributed by atoms with E-state index in [2.05, 4.69) is 0 Å². The van der Waals surface area contributed by atoms with Crippen molar-refractivity contribution in [3.05, 3.63) is 56.6 Å². The molecule has 2 rings (SSSR count). The molecular formula is C17H14Cl2O5. The van der Waals surface area contributed by atoms with Crippen LogP contribution in [-0.4, -0.2) is 31.1 Å². The van der Waals surface area contributed by atoms with E-state index in [4.69, 9.17) is 32.7 Å². The number of aromatic carboxylic acids is 1. The largest absolute Gasteiger partial charge is 0.495 e. The molecule has 0 unspecified atom stereocenters. The minimum absolute atomic E-state index is 0.00432. The predicted molar refractivity (Wildman–Crippen MR) is 91.1 cm³/mol. The second-order valence-electron chi connectivity index (χ2n) is 4.98. The Morgan fingerprint density at radius 2 is 1.42 bits per heavy atom. The van der Waals surface area contributed by atoms with Crippen LogP contribution in [0.5, 0.6) is 11.5 Å². The zero-order valence-corrected chi connectivity index (χ0v) is 14.7. The van der Waals surface area contributed by atoms with E-state index in [9.17, 15) is 14.7 Å². The van der Waals surface area contributed by atoms with Gasteiger partial charge in [-0.15, -0.1) is 0 Å². The summed E-state index contributed by atoms with van der Waals surface area (Å²) in [7, 11) is 2.79. The molecule has 0 spiro atoms. The summed E-state index contributed by atoms with van der Waals surface area (Å²) in [5, 5.41) is 9.60. The Kier molecular flexibility index (Phi) is 5.36. The number of ketones is 1. The quantitative estimate of drug-likeness (QED) is 0.798. The Morgan fingerprint density at radius 1 is 0.917 bits per heavy atom. The highest BCUT2D eigenvalue weighted by atomic mass is 35.5. The maximum atomic E-state index is 12.7. The second kappa shape index (κ2) is 7.11. The number of benzene rings is 2. The first-order valence-electron chi connectivity index (χ1n) is 6.79. The van der Waals surface area contributed by atoms with Gasteiger partial charge in [-0.2, -0.15) is 0 Å². The summed E-state index contributed by atoms with van der Waals surface area (Å²) in [6.45, 7) is 1.76. The highest BCUT2D eigenvalue weighted by Gasteiger charge is 2.21. The molecule has 0 fully saturated rings. The molecule has 0 radical (unpaired) electrons. The average molecular weight is 369 g/mol. The number of carboxylic acid groups (broad SMARTS) is 1. The third-order valence-electron chi connectivity index (χ3n) is 3.44. The summed E-state index contributed by atoms with van der Waals surface area (Å²) in [6, 6.07) is 5.67. The van der Waals surface area contributed by atoms with Crippen molar-refractivity contribution >= 4 is 35.0 Å². The minimum atomic E-state index is -1.24. The van der Waals surface area contributed by atoms with Crippen LogP contribution in [0.2, 0.25) is 10.0 Å². The fourth-order valence-electron chi connectivity index (χ4n) is 2.38. The lowest BCUT2D eigenvalue weighted by Gasteiger charge is -2.12. The molecule has 0 atom stereocenters. The fraction of sp³-hybridized carbons (Fsp3) is 0.176. The topological polar surface area (TPSA) is 72.8 Å². The van der Waals surface area contributed by atoms with Crippen molar-refractivity contribution in [2.45, 2.75) is 6.92 Å². The van der Waals surface area contributed by atoms with Crippen LogP contribution in [-0.2, 0) is 0 Å². The molecule has 0 aliphatic carbocycles. The van der Waals surface area contributed by atoms with E-state index in [0.717, 1.165) is 0 Å². The summed E-state index contributed by atoms with van der Waals surface area (Å²) >= 11 is 12.1. The number of rotatable bonds is 5. The molecule has 0 aliphatic heterocycles. The maximum absolute atomic E-state index is 12.7. The predicted octanol–water partition coefficient (Wildman–Crippen LogP) is 4.25. The van der Waals surface area contributed by atoms with Gasteiger partial charge in [0.25, 0.3) is 0 Å². The standard InChI is InChI=1S/C17H14Cl2O5/c1-8-4-9(6-12(18)15(8)23-2)14(20)10-5-11(17(21)22)16(24-3)13(19)7-10/h4-7H,1-3H3,(H,21,22). The highest BCUT2D eigenvalue weighted by Crippen LogP contribution is 2.33. The number of hydrogen-bond acceptors (Lipinski definition) is 4. The van der Waals surface area contributed by atoms with Gasteiger partial charge in [0.05, 0.1) is 24.3 Å². The summed E-state index contributed by atoms with van der Waals surface area (Å²) in [5.41, 5.74) is 0.922. The number of carbonyl (C=O) groups excluding carboxylic acids is 1. The van der Waals surface area contributed by atoms with Crippen LogP contribution >= 0.6 is 23.2 Å². The SMILES string of the molecule is COc1c(C)cc(C(=O)c2cc(Cl)c(OC)c(C(=O)O)c2)cc1Cl. The van der Waals surface area contributed by atoms with Gasteiger partial charge in [0.2, 0.25) is 0 Å². The van der Waals surface area contributed by atoms with E-state index >= 15 is 0 Å². The Morgan fingerprint density at radius 3 is 1.88 bits per heavy atom. The first kappa shape index (κ1) is 18.1. The van der Waals surface area contributed by atoms with Gasteiger partial charge in [0, 0.05) is 11.1 Å². The highest BCUT2D eigenvalue weighted by molar-refractivity contribution is 6.34. The van der Waals surface area contributed by atoms with Crippen LogP contribution in [0.4, 0.5) is 0 Å². The molecule has 5 nitrogen and oxygen atoms in total. The minimum Gasteiger partial charge on any atom is -0.495 e. The van der Waals surface area contributed by atoms with Gasteiger partial charge in [-0.25, -0.2) is 4.79 Å². The van der Waals surface area contributed by atoms with Gasteiger partial charge in [0.1, 0.15) is 11.3 Å². The normalized spacial score (nSPS) is 10.4. The lowest BCUT2D eigenvalue weighted by Crippen LogP contribution is -2.07. The monoisotopic (exact) mass is 368 g/mol. The van der Waals surface area contributed by atoms with Crippen molar-refractivity contribution in [2.75, 3.05) is 14.2 Å². The Labute approximate surface area is 148 Å². The van der Waals surface area contributed by atoms with Gasteiger partial charge in [0.15, 0.2) is 11.5 Å². The van der Waals surface area contributed by atoms with Crippen molar-refractivity contribution in [2.24, 2.45) is 0 Å². The van der Waals surface area contributed by atoms with Crippen LogP contribution in [0, 0.1) is 6.92 Å². The molecule has 0 saturated carbocycles. The maximum Gasteiger partial charge on any atom is 0.339 e. The molecule has 0 aromatic heterocycles. The summed E-state index contributed by atoms with van der Waals surface area (Å²) < 4.78 is 10.1. The fourth-order valence-corrected chi connectivity index (χ4v) is 3.02. The zero-order chi connectivity index (χ0) is 18.0. The van der Waals surface area contributed by atoms with Crippen molar-refractivity contribution in [1.82, 2.24) is 0 Å². The third-order valence-corrected chi connectivity index (χ3v) is 4.00. The van der Waals surface area contributed by atoms with Gasteiger partial charge in [-0.3, -0.25) is 4.79 Å². The molecule has 0 heterocycles. The molecule has 7 heteroatoms. The molecule has 24 heavy (non-hydrogen) atoms. The Hall–Kier alpha value is -2.24. The Bertz CT molecular complexity index is 807. The van der Waals surface area contributed by atoms with Crippen LogP contribution in [0.25, 0.3) is 0 Å². The van der Waals surface area contributed by atoms with Crippen molar-refractivity contribution in [3.63, 3.8) is 0 Å². The Balaban J connectivity index is 2.57. The van der Waals surface area contributed by atoms with Gasteiger partial charge in [-0.1, -0.05) is 23.2 Å². The first-order valence-corrected chi connectivity index (χ1v) is 7.55. The molecule has 0 amide bonds. The number of hydrogen-bond donors (Lipinski definition) is 1. The van der Waals surface area contributed by atoms with E-state index < -0.39 is 11.8 Å². The van der Waals surface area contributed by atoms with Crippen molar-refractivity contribution in [1.29, 1.82) is 0 Å². The van der Waals surface area contributed by atoms with Crippen LogP contribution in [0.15, 0.2) is 24.3 Å². The molecule has 0 aliphatic rings. The van der Waals surface area contributed by atoms with Crippen LogP contribution in [0.1, 0.15) is 31.8 Å². The lowest BCUT2D eigenvalue weighted by atomic mass is 9.99. The van der Waals surface area contributed by atoms with E-state index in [0.29, 0.717) is 21.9 Å². The van der Waals surface area contributed by atoms with Gasteiger partial charge >= 0.3 is 5.97 Å². The number of carbonyl (C=O) groups is 2. The van der Waals surface area contributed by atoms with Crippen LogP contribution < -0.4 is 9.47 Å². The van der Waals surface area contributed by atoms with E-state index in [-0.39, 0.29) is 21.9 Å². The lowest BCUT2D eigenvalue weighted by molar-refractivity contribution is 0.0693. The summed E-state index contributed by atoms with van der Waals surface area (Å²) in [6.07, 6.45) is 0. The first-order chi connectivity index (χ1) is 11.3. The molecule has 0 bridgehead atoms. The second-order valence-corrected chi connectivity index (χ2v) is 5.80. The van der Waals surface area contributed by atoms with Crippen molar-refractivity contribution < 1.29 is 24.2 Å². The molecule has 0 saturated heterocycles. The average Bonchev–Trinajstić information content (AvgIpc) is 2.52. The molecular weight excluding hydrogens is 355 g/mol. The molecule has 126 valence electrons. The number of carboxylic acids is 1. The van der Waals surface area contributed by atoms with Crippen LogP contribution in [0.3, 0.4) is 0 Å². The summed E-state index contributed by atoms with van der Waals surface area (Å²) in [5.74, 6) is -1.17.